The minimum Gasteiger partial charge on any atom is -0.366 e. The first-order valence-corrected chi connectivity index (χ1v) is 9.65. The number of nitro benzene ring substituents is 1. The molecule has 0 aliphatic carbocycles. The number of carbonyl (C=O) groups excluding carboxylic acids is 1. The number of hydrogen-bond acceptors (Lipinski definition) is 5. The van der Waals surface area contributed by atoms with E-state index in [2.05, 4.69) is 5.10 Å². The lowest BCUT2D eigenvalue weighted by Crippen LogP contribution is -2.33. The van der Waals surface area contributed by atoms with Crippen LogP contribution in [0.15, 0.2) is 60.8 Å². The van der Waals surface area contributed by atoms with Gasteiger partial charge in [0.1, 0.15) is 5.69 Å². The molecule has 1 fully saturated rings. The van der Waals surface area contributed by atoms with Crippen molar-refractivity contribution < 1.29 is 9.72 Å². The van der Waals surface area contributed by atoms with Crippen LogP contribution in [0.4, 0.5) is 11.4 Å². The van der Waals surface area contributed by atoms with E-state index in [4.69, 9.17) is 0 Å². The molecule has 0 radical (unpaired) electrons. The van der Waals surface area contributed by atoms with Gasteiger partial charge in [-0.05, 0) is 31.0 Å². The van der Waals surface area contributed by atoms with Gasteiger partial charge < -0.3 is 4.90 Å². The molecule has 0 atom stereocenters. The van der Waals surface area contributed by atoms with Crippen molar-refractivity contribution in [2.24, 2.45) is 7.05 Å². The molecule has 0 unspecified atom stereocenters. The van der Waals surface area contributed by atoms with Gasteiger partial charge in [0.25, 0.3) is 5.69 Å². The third-order valence-electron chi connectivity index (χ3n) is 5.58. The molecule has 0 spiro atoms. The summed E-state index contributed by atoms with van der Waals surface area (Å²) in [7, 11) is 1.94. The van der Waals surface area contributed by atoms with Crippen LogP contribution in [0, 0.1) is 10.1 Å². The lowest BCUT2D eigenvalue weighted by atomic mass is 9.93. The van der Waals surface area contributed by atoms with Crippen LogP contribution in [0.25, 0.3) is 0 Å². The predicted octanol–water partition coefficient (Wildman–Crippen LogP) is 3.94. The summed E-state index contributed by atoms with van der Waals surface area (Å²) in [5, 5.41) is 16.0. The van der Waals surface area contributed by atoms with Crippen molar-refractivity contribution in [2.75, 3.05) is 18.0 Å². The Morgan fingerprint density at radius 2 is 1.79 bits per heavy atom. The van der Waals surface area contributed by atoms with Crippen LogP contribution in [-0.2, 0) is 7.05 Å². The minimum atomic E-state index is -0.399. The zero-order chi connectivity index (χ0) is 20.4. The van der Waals surface area contributed by atoms with Crippen molar-refractivity contribution >= 4 is 17.2 Å². The Morgan fingerprint density at radius 3 is 2.41 bits per heavy atom. The molecule has 1 aliphatic heterocycles. The molecule has 148 valence electrons. The van der Waals surface area contributed by atoms with Gasteiger partial charge in [-0.25, -0.2) is 0 Å². The van der Waals surface area contributed by atoms with Crippen LogP contribution < -0.4 is 4.90 Å². The summed E-state index contributed by atoms with van der Waals surface area (Å²) in [6.45, 7) is 1.45. The maximum absolute atomic E-state index is 12.7. The van der Waals surface area contributed by atoms with Crippen molar-refractivity contribution in [1.82, 2.24) is 9.78 Å². The number of nitro groups is 1. The first-order valence-electron chi connectivity index (χ1n) is 9.65. The fourth-order valence-electron chi connectivity index (χ4n) is 4.04. The van der Waals surface area contributed by atoms with E-state index >= 15 is 0 Å². The molecule has 29 heavy (non-hydrogen) atoms. The summed E-state index contributed by atoms with van der Waals surface area (Å²) in [4.78, 5) is 26.0. The van der Waals surface area contributed by atoms with Crippen molar-refractivity contribution in [3.63, 3.8) is 0 Å². The van der Waals surface area contributed by atoms with E-state index < -0.39 is 4.92 Å². The lowest BCUT2D eigenvalue weighted by molar-refractivity contribution is -0.384. The van der Waals surface area contributed by atoms with Gasteiger partial charge in [0.15, 0.2) is 5.78 Å². The summed E-state index contributed by atoms with van der Waals surface area (Å²) in [5.41, 5.74) is 2.60. The zero-order valence-electron chi connectivity index (χ0n) is 16.2. The molecule has 1 aliphatic rings. The second kappa shape index (κ2) is 7.87. The first kappa shape index (κ1) is 18.9. The molecule has 0 saturated carbocycles. The van der Waals surface area contributed by atoms with E-state index in [0.29, 0.717) is 22.7 Å². The first-order chi connectivity index (χ1) is 14.0. The van der Waals surface area contributed by atoms with E-state index in [0.717, 1.165) is 25.9 Å². The van der Waals surface area contributed by atoms with Crippen LogP contribution in [-0.4, -0.2) is 33.6 Å². The van der Waals surface area contributed by atoms with Gasteiger partial charge in [-0.1, -0.05) is 30.3 Å². The highest BCUT2D eigenvalue weighted by Gasteiger charge is 2.27. The Morgan fingerprint density at radius 1 is 1.07 bits per heavy atom. The summed E-state index contributed by atoms with van der Waals surface area (Å²) in [6.07, 6.45) is 3.61. The summed E-state index contributed by atoms with van der Waals surface area (Å²) < 4.78 is 1.90. The number of aromatic nitrogens is 2. The minimum absolute atomic E-state index is 0.0224. The van der Waals surface area contributed by atoms with Gasteiger partial charge in [0.2, 0.25) is 0 Å². The maximum atomic E-state index is 12.7. The molecule has 0 N–H and O–H groups in total. The summed E-state index contributed by atoms with van der Waals surface area (Å²) >= 11 is 0. The Kier molecular flexibility index (Phi) is 5.12. The normalized spacial score (nSPS) is 14.7. The third kappa shape index (κ3) is 3.76. The molecule has 7 nitrogen and oxygen atoms in total. The predicted molar refractivity (Wildman–Crippen MR) is 110 cm³/mol. The van der Waals surface area contributed by atoms with Crippen LogP contribution in [0.1, 0.15) is 40.4 Å². The number of anilines is 1. The van der Waals surface area contributed by atoms with Crippen molar-refractivity contribution in [1.29, 1.82) is 0 Å². The van der Waals surface area contributed by atoms with Gasteiger partial charge in [-0.2, -0.15) is 5.10 Å². The number of rotatable bonds is 5. The molecule has 7 heteroatoms. The Labute approximate surface area is 168 Å². The average Bonchev–Trinajstić information content (AvgIpc) is 3.19. The molecule has 1 aromatic heterocycles. The monoisotopic (exact) mass is 390 g/mol. The van der Waals surface area contributed by atoms with E-state index in [1.807, 2.05) is 28.8 Å². The molecule has 0 amide bonds. The number of aryl methyl sites for hydroxylation is 1. The molecule has 4 rings (SSSR count). The summed E-state index contributed by atoms with van der Waals surface area (Å²) in [5.74, 6) is 0.187. The number of ketones is 1. The molecular formula is C22H22N4O3. The second-order valence-electron chi connectivity index (χ2n) is 7.30. The Balaban J connectivity index is 1.56. The molecule has 2 aromatic carbocycles. The van der Waals surface area contributed by atoms with Crippen molar-refractivity contribution in [3.05, 3.63) is 87.7 Å². The standard InChI is InChI=1S/C22H22N4O3/c1-24-19(9-12-23-24)16-10-13-25(14-11-16)20-8-7-18(15-21(20)26(28)29)22(27)17-5-3-2-4-6-17/h2-9,12,15-16H,10-11,13-14H2,1H3. The highest BCUT2D eigenvalue weighted by Crippen LogP contribution is 2.35. The zero-order valence-corrected chi connectivity index (χ0v) is 16.2. The maximum Gasteiger partial charge on any atom is 0.293 e. The number of piperidine rings is 1. The average molecular weight is 390 g/mol. The van der Waals surface area contributed by atoms with E-state index in [1.165, 1.54) is 11.8 Å². The molecule has 0 bridgehead atoms. The van der Waals surface area contributed by atoms with Crippen molar-refractivity contribution in [2.45, 2.75) is 18.8 Å². The molecule has 1 saturated heterocycles. The van der Waals surface area contributed by atoms with Gasteiger partial charge in [-0.3, -0.25) is 19.6 Å². The molecular weight excluding hydrogens is 368 g/mol. The van der Waals surface area contributed by atoms with Crippen LogP contribution in [0.5, 0.6) is 0 Å². The Bertz CT molecular complexity index is 1040. The fraction of sp³-hybridized carbons (Fsp3) is 0.273. The largest absolute Gasteiger partial charge is 0.366 e. The van der Waals surface area contributed by atoms with E-state index in [1.54, 1.807) is 42.6 Å². The van der Waals surface area contributed by atoms with Crippen LogP contribution >= 0.6 is 0 Å². The van der Waals surface area contributed by atoms with Crippen LogP contribution in [0.3, 0.4) is 0 Å². The number of carbonyl (C=O) groups is 1. The van der Waals surface area contributed by atoms with Gasteiger partial charge in [0, 0.05) is 55.1 Å². The SMILES string of the molecule is Cn1nccc1C1CCN(c2ccc(C(=O)c3ccccc3)cc2[N+](=O)[O-])CC1. The fourth-order valence-corrected chi connectivity index (χ4v) is 4.04. The number of hydrogen-bond donors (Lipinski definition) is 0. The van der Waals surface area contributed by atoms with E-state index in [-0.39, 0.29) is 11.5 Å². The highest BCUT2D eigenvalue weighted by atomic mass is 16.6. The molecule has 2 heterocycles. The van der Waals surface area contributed by atoms with Crippen molar-refractivity contribution in [3.8, 4) is 0 Å². The van der Waals surface area contributed by atoms with Crippen LogP contribution in [0.2, 0.25) is 0 Å². The number of nitrogens with zero attached hydrogens (tertiary/aromatic N) is 4. The van der Waals surface area contributed by atoms with Gasteiger partial charge in [0.05, 0.1) is 4.92 Å². The lowest BCUT2D eigenvalue weighted by Gasteiger charge is -2.33. The highest BCUT2D eigenvalue weighted by molar-refractivity contribution is 6.09. The topological polar surface area (TPSA) is 81.3 Å². The van der Waals surface area contributed by atoms with E-state index in [9.17, 15) is 14.9 Å². The quantitative estimate of drug-likeness (QED) is 0.374. The van der Waals surface area contributed by atoms with Gasteiger partial charge >= 0.3 is 0 Å². The number of benzene rings is 2. The van der Waals surface area contributed by atoms with Gasteiger partial charge in [-0.15, -0.1) is 0 Å². The Hall–Kier alpha value is -3.48. The smallest absolute Gasteiger partial charge is 0.293 e. The molecule has 3 aromatic rings. The second-order valence-corrected chi connectivity index (χ2v) is 7.30. The summed E-state index contributed by atoms with van der Waals surface area (Å²) in [6, 6.07) is 15.6. The third-order valence-corrected chi connectivity index (χ3v) is 5.58.